The fourth-order valence-electron chi connectivity index (χ4n) is 2.56. The summed E-state index contributed by atoms with van der Waals surface area (Å²) in [4.78, 5) is 4.69. The first-order valence-corrected chi connectivity index (χ1v) is 8.66. The van der Waals surface area contributed by atoms with Gasteiger partial charge >= 0.3 is 0 Å². The molecule has 0 aromatic heterocycles. The van der Waals surface area contributed by atoms with Crippen molar-refractivity contribution in [2.45, 2.75) is 6.42 Å². The highest BCUT2D eigenvalue weighted by molar-refractivity contribution is 6.18. The minimum Gasteiger partial charge on any atom is -0.379 e. The van der Waals surface area contributed by atoms with E-state index in [-0.39, 0.29) is 24.8 Å². The SMILES string of the molecule is Cl.Cl.ClCCN(CCCl)c1ccc(CCN2CCOCC2)cc1. The van der Waals surface area contributed by atoms with E-state index in [0.29, 0.717) is 11.8 Å². The van der Waals surface area contributed by atoms with Crippen molar-refractivity contribution in [3.05, 3.63) is 29.8 Å². The molecule has 0 bridgehead atoms. The number of hydrogen-bond donors (Lipinski definition) is 0. The van der Waals surface area contributed by atoms with Gasteiger partial charge < -0.3 is 9.64 Å². The van der Waals surface area contributed by atoms with E-state index in [2.05, 4.69) is 34.1 Å². The van der Waals surface area contributed by atoms with Crippen LogP contribution in [0.3, 0.4) is 0 Å². The third kappa shape index (κ3) is 8.15. The van der Waals surface area contributed by atoms with Crippen LogP contribution in [-0.2, 0) is 11.2 Å². The largest absolute Gasteiger partial charge is 0.379 e. The van der Waals surface area contributed by atoms with Gasteiger partial charge in [0, 0.05) is 50.2 Å². The highest BCUT2D eigenvalue weighted by Gasteiger charge is 2.10. The Morgan fingerprint density at radius 1 is 0.957 bits per heavy atom. The smallest absolute Gasteiger partial charge is 0.0594 e. The number of rotatable bonds is 8. The molecule has 0 aliphatic carbocycles. The van der Waals surface area contributed by atoms with Crippen molar-refractivity contribution in [2.24, 2.45) is 0 Å². The monoisotopic (exact) mass is 402 g/mol. The average molecular weight is 404 g/mol. The second-order valence-corrected chi connectivity index (χ2v) is 5.99. The molecule has 1 aliphatic rings. The minimum atomic E-state index is 0. The molecule has 1 heterocycles. The summed E-state index contributed by atoms with van der Waals surface area (Å²) < 4.78 is 5.37. The van der Waals surface area contributed by atoms with E-state index in [4.69, 9.17) is 27.9 Å². The quantitative estimate of drug-likeness (QED) is 0.615. The van der Waals surface area contributed by atoms with Gasteiger partial charge in [0.1, 0.15) is 0 Å². The Labute approximate surface area is 162 Å². The Balaban J connectivity index is 0.00000242. The van der Waals surface area contributed by atoms with E-state index in [1.54, 1.807) is 0 Å². The zero-order valence-corrected chi connectivity index (χ0v) is 16.4. The van der Waals surface area contributed by atoms with Crippen LogP contribution in [0, 0.1) is 0 Å². The normalized spacial score (nSPS) is 14.7. The van der Waals surface area contributed by atoms with E-state index in [1.807, 2.05) is 0 Å². The number of ether oxygens (including phenoxy) is 1. The van der Waals surface area contributed by atoms with Gasteiger partial charge in [0.15, 0.2) is 0 Å². The predicted octanol–water partition coefficient (Wildman–Crippen LogP) is 3.69. The summed E-state index contributed by atoms with van der Waals surface area (Å²) in [6.45, 7) is 6.61. The van der Waals surface area contributed by atoms with Crippen molar-refractivity contribution in [1.82, 2.24) is 4.90 Å². The predicted molar refractivity (Wildman–Crippen MR) is 106 cm³/mol. The minimum absolute atomic E-state index is 0. The summed E-state index contributed by atoms with van der Waals surface area (Å²) in [5.41, 5.74) is 2.58. The summed E-state index contributed by atoms with van der Waals surface area (Å²) in [6.07, 6.45) is 1.09. The van der Waals surface area contributed by atoms with E-state index in [0.717, 1.165) is 52.4 Å². The Hall–Kier alpha value is 0.100. The number of morpholine rings is 1. The molecule has 0 radical (unpaired) electrons. The van der Waals surface area contributed by atoms with Crippen LogP contribution in [0.1, 0.15) is 5.56 Å². The molecule has 3 nitrogen and oxygen atoms in total. The lowest BCUT2D eigenvalue weighted by Gasteiger charge is -2.26. The van der Waals surface area contributed by atoms with Gasteiger partial charge in [-0.1, -0.05) is 12.1 Å². The molecule has 0 N–H and O–H groups in total. The molecule has 1 fully saturated rings. The van der Waals surface area contributed by atoms with Crippen LogP contribution in [0.4, 0.5) is 5.69 Å². The number of halogens is 4. The first-order chi connectivity index (χ1) is 10.3. The molecule has 1 saturated heterocycles. The van der Waals surface area contributed by atoms with Crippen molar-refractivity contribution in [1.29, 1.82) is 0 Å². The molecule has 0 spiro atoms. The maximum atomic E-state index is 5.85. The second-order valence-electron chi connectivity index (χ2n) is 5.24. The van der Waals surface area contributed by atoms with Crippen LogP contribution in [0.5, 0.6) is 0 Å². The molecule has 2 rings (SSSR count). The highest BCUT2D eigenvalue weighted by Crippen LogP contribution is 2.16. The number of nitrogens with zero attached hydrogens (tertiary/aromatic N) is 2. The summed E-state index contributed by atoms with van der Waals surface area (Å²) in [5.74, 6) is 1.24. The van der Waals surface area contributed by atoms with Crippen molar-refractivity contribution in [3.8, 4) is 0 Å². The lowest BCUT2D eigenvalue weighted by Crippen LogP contribution is -2.37. The first-order valence-electron chi connectivity index (χ1n) is 7.59. The van der Waals surface area contributed by atoms with E-state index in [1.165, 1.54) is 11.3 Å². The summed E-state index contributed by atoms with van der Waals surface area (Å²) in [5, 5.41) is 0. The Kier molecular flexibility index (Phi) is 13.5. The van der Waals surface area contributed by atoms with Crippen LogP contribution in [0.2, 0.25) is 0 Å². The number of anilines is 1. The molecule has 0 unspecified atom stereocenters. The van der Waals surface area contributed by atoms with Crippen molar-refractivity contribution < 1.29 is 4.74 Å². The summed E-state index contributed by atoms with van der Waals surface area (Å²) >= 11 is 11.7. The van der Waals surface area contributed by atoms with E-state index in [9.17, 15) is 0 Å². The fraction of sp³-hybridized carbons (Fsp3) is 0.625. The van der Waals surface area contributed by atoms with Crippen LogP contribution in [0.15, 0.2) is 24.3 Å². The highest BCUT2D eigenvalue weighted by atomic mass is 35.5. The van der Waals surface area contributed by atoms with E-state index >= 15 is 0 Å². The Bertz CT molecular complexity index is 394. The maximum Gasteiger partial charge on any atom is 0.0594 e. The zero-order valence-electron chi connectivity index (χ0n) is 13.3. The van der Waals surface area contributed by atoms with Gasteiger partial charge in [-0.25, -0.2) is 0 Å². The van der Waals surface area contributed by atoms with E-state index < -0.39 is 0 Å². The molecule has 0 atom stereocenters. The molecule has 134 valence electrons. The van der Waals surface area contributed by atoms with Gasteiger partial charge in [-0.3, -0.25) is 4.90 Å². The molecule has 1 aromatic carbocycles. The first kappa shape index (κ1) is 23.1. The lowest BCUT2D eigenvalue weighted by molar-refractivity contribution is 0.0384. The molecule has 1 aromatic rings. The maximum absolute atomic E-state index is 5.85. The van der Waals surface area contributed by atoms with Crippen molar-refractivity contribution in [3.63, 3.8) is 0 Å². The number of alkyl halides is 2. The number of benzene rings is 1. The van der Waals surface area contributed by atoms with Gasteiger partial charge in [-0.2, -0.15) is 0 Å². The average Bonchev–Trinajstić information content (AvgIpc) is 2.54. The Morgan fingerprint density at radius 2 is 1.52 bits per heavy atom. The number of hydrogen-bond acceptors (Lipinski definition) is 3. The topological polar surface area (TPSA) is 15.7 Å². The molecular weight excluding hydrogens is 378 g/mol. The lowest BCUT2D eigenvalue weighted by atomic mass is 10.1. The zero-order chi connectivity index (χ0) is 14.9. The van der Waals surface area contributed by atoms with Crippen molar-refractivity contribution >= 4 is 53.7 Å². The van der Waals surface area contributed by atoms with Crippen LogP contribution in [-0.4, -0.2) is 62.6 Å². The fourth-order valence-corrected chi connectivity index (χ4v) is 2.97. The summed E-state index contributed by atoms with van der Waals surface area (Å²) in [7, 11) is 0. The second kappa shape index (κ2) is 13.4. The summed E-state index contributed by atoms with van der Waals surface area (Å²) in [6, 6.07) is 8.78. The van der Waals surface area contributed by atoms with Gasteiger partial charge in [-0.05, 0) is 24.1 Å². The van der Waals surface area contributed by atoms with Gasteiger partial charge in [0.25, 0.3) is 0 Å². The molecule has 0 saturated carbocycles. The van der Waals surface area contributed by atoms with Crippen LogP contribution >= 0.6 is 48.0 Å². The molecule has 7 heteroatoms. The molecular formula is C16H26Cl4N2O. The van der Waals surface area contributed by atoms with Gasteiger partial charge in [0.05, 0.1) is 13.2 Å². The molecule has 1 aliphatic heterocycles. The third-order valence-electron chi connectivity index (χ3n) is 3.83. The Morgan fingerprint density at radius 3 is 2.04 bits per heavy atom. The molecule has 0 amide bonds. The van der Waals surface area contributed by atoms with Crippen molar-refractivity contribution in [2.75, 3.05) is 62.6 Å². The van der Waals surface area contributed by atoms with Crippen LogP contribution in [0.25, 0.3) is 0 Å². The van der Waals surface area contributed by atoms with Gasteiger partial charge in [0.2, 0.25) is 0 Å². The molecule has 23 heavy (non-hydrogen) atoms. The van der Waals surface area contributed by atoms with Crippen LogP contribution < -0.4 is 4.90 Å². The standard InChI is InChI=1S/C16H24Cl2N2O.2ClH/c17-6-9-20(10-7-18)16-3-1-15(2-4-16)5-8-19-11-13-21-14-12-19;;/h1-4H,5-14H2;2*1H. The third-order valence-corrected chi connectivity index (χ3v) is 4.17. The van der Waals surface area contributed by atoms with Gasteiger partial charge in [-0.15, -0.1) is 48.0 Å².